The molecule has 2 aromatic rings. The second-order valence-electron chi connectivity index (χ2n) is 4.54. The quantitative estimate of drug-likeness (QED) is 0.643. The molecule has 0 aliphatic rings. The molecule has 0 unspecified atom stereocenters. The average molecular weight is 283 g/mol. The normalized spacial score (nSPS) is 10.4. The van der Waals surface area contributed by atoms with Crippen LogP contribution in [0.1, 0.15) is 30.0 Å². The third kappa shape index (κ3) is 3.93. The fraction of sp³-hybridized carbons (Fsp3) is 0.111. The third-order valence-corrected chi connectivity index (χ3v) is 2.89. The first-order valence-electron chi connectivity index (χ1n) is 6.63. The van der Waals surface area contributed by atoms with Crippen molar-refractivity contribution < 1.29 is 8.78 Å². The molecule has 0 saturated heterocycles. The number of allylic oxidation sites excluding steroid dienone is 1. The van der Waals surface area contributed by atoms with E-state index >= 15 is 0 Å². The molecule has 0 aliphatic heterocycles. The Bertz CT molecular complexity index is 696. The molecule has 0 spiro atoms. The number of halogens is 2. The van der Waals surface area contributed by atoms with E-state index in [9.17, 15) is 8.78 Å². The summed E-state index contributed by atoms with van der Waals surface area (Å²) in [5, 5.41) is 0. The fourth-order valence-electron chi connectivity index (χ4n) is 1.73. The van der Waals surface area contributed by atoms with E-state index in [4.69, 9.17) is 5.73 Å². The van der Waals surface area contributed by atoms with E-state index in [2.05, 4.69) is 24.8 Å². The first-order valence-corrected chi connectivity index (χ1v) is 6.63. The lowest BCUT2D eigenvalue weighted by atomic mass is 10.1. The number of nitrogens with two attached hydrogens (primary N) is 1. The van der Waals surface area contributed by atoms with E-state index in [1.165, 1.54) is 0 Å². The van der Waals surface area contributed by atoms with Crippen molar-refractivity contribution in [2.45, 2.75) is 13.3 Å². The molecule has 1 nitrogen and oxygen atoms in total. The summed E-state index contributed by atoms with van der Waals surface area (Å²) < 4.78 is 26.6. The molecule has 106 valence electrons. The van der Waals surface area contributed by atoms with Crippen LogP contribution in [0.2, 0.25) is 0 Å². The lowest BCUT2D eigenvalue weighted by Crippen LogP contribution is -1.96. The molecular formula is C18H15F2N. The summed E-state index contributed by atoms with van der Waals surface area (Å²) in [4.78, 5) is 0. The largest absolute Gasteiger partial charge is 0.394 e. The molecule has 2 rings (SSSR count). The summed E-state index contributed by atoms with van der Waals surface area (Å²) in [6.07, 6.45) is 5.08. The standard InChI is InChI=1S/C18H15F2N/c1-2-3-4-13-5-7-14(8-6-13)9-10-15-11-16(19)18(21)17(20)12-15/h3-8,11-12H,2,21H2,1H3. The van der Waals surface area contributed by atoms with Crippen LogP contribution in [0, 0.1) is 23.5 Å². The van der Waals surface area contributed by atoms with Crippen molar-refractivity contribution in [1.29, 1.82) is 0 Å². The molecule has 21 heavy (non-hydrogen) atoms. The zero-order chi connectivity index (χ0) is 15.2. The molecule has 0 radical (unpaired) electrons. The van der Waals surface area contributed by atoms with E-state index in [0.717, 1.165) is 29.7 Å². The first-order chi connectivity index (χ1) is 10.1. The molecule has 3 heteroatoms. The smallest absolute Gasteiger partial charge is 0.150 e. The Morgan fingerprint density at radius 1 is 1.00 bits per heavy atom. The maximum atomic E-state index is 13.3. The van der Waals surface area contributed by atoms with Crippen LogP contribution < -0.4 is 5.73 Å². The molecule has 0 atom stereocenters. The van der Waals surface area contributed by atoms with Gasteiger partial charge in [-0.25, -0.2) is 8.78 Å². The topological polar surface area (TPSA) is 26.0 Å². The average Bonchev–Trinajstić information content (AvgIpc) is 2.49. The van der Waals surface area contributed by atoms with Crippen LogP contribution in [-0.4, -0.2) is 0 Å². The first kappa shape index (κ1) is 14.8. The van der Waals surface area contributed by atoms with E-state index in [0.29, 0.717) is 0 Å². The van der Waals surface area contributed by atoms with Gasteiger partial charge in [0.05, 0.1) is 0 Å². The Labute approximate surface area is 123 Å². The van der Waals surface area contributed by atoms with E-state index < -0.39 is 17.3 Å². The number of hydrogen-bond donors (Lipinski definition) is 1. The summed E-state index contributed by atoms with van der Waals surface area (Å²) in [5.41, 5.74) is 6.86. The van der Waals surface area contributed by atoms with Crippen LogP contribution in [0.5, 0.6) is 0 Å². The van der Waals surface area contributed by atoms with Gasteiger partial charge in [0.1, 0.15) is 17.3 Å². The molecule has 0 fully saturated rings. The van der Waals surface area contributed by atoms with Gasteiger partial charge in [-0.3, -0.25) is 0 Å². The highest BCUT2D eigenvalue weighted by atomic mass is 19.1. The Morgan fingerprint density at radius 2 is 1.57 bits per heavy atom. The monoisotopic (exact) mass is 283 g/mol. The summed E-state index contributed by atoms with van der Waals surface area (Å²) in [6, 6.07) is 9.88. The molecule has 0 saturated carbocycles. The van der Waals surface area contributed by atoms with E-state index in [1.54, 1.807) is 0 Å². The van der Waals surface area contributed by atoms with Crippen LogP contribution in [-0.2, 0) is 0 Å². The van der Waals surface area contributed by atoms with Crippen molar-refractivity contribution in [2.24, 2.45) is 0 Å². The van der Waals surface area contributed by atoms with Crippen LogP contribution in [0.25, 0.3) is 6.08 Å². The molecule has 0 heterocycles. The van der Waals surface area contributed by atoms with Crippen molar-refractivity contribution in [3.05, 3.63) is 70.8 Å². The van der Waals surface area contributed by atoms with Gasteiger partial charge in [-0.15, -0.1) is 0 Å². The van der Waals surface area contributed by atoms with Crippen LogP contribution >= 0.6 is 0 Å². The SMILES string of the molecule is CCC=Cc1ccc(C#Cc2cc(F)c(N)c(F)c2)cc1. The van der Waals surface area contributed by atoms with Crippen LogP contribution in [0.4, 0.5) is 14.5 Å². The zero-order valence-electron chi connectivity index (χ0n) is 11.7. The van der Waals surface area contributed by atoms with E-state index in [1.807, 2.05) is 30.3 Å². The summed E-state index contributed by atoms with van der Waals surface area (Å²) in [6.45, 7) is 2.07. The van der Waals surface area contributed by atoms with Crippen molar-refractivity contribution in [3.8, 4) is 11.8 Å². The molecular weight excluding hydrogens is 268 g/mol. The maximum absolute atomic E-state index is 13.3. The number of hydrogen-bond acceptors (Lipinski definition) is 1. The lowest BCUT2D eigenvalue weighted by molar-refractivity contribution is 0.591. The Morgan fingerprint density at radius 3 is 2.14 bits per heavy atom. The van der Waals surface area contributed by atoms with Crippen LogP contribution in [0.15, 0.2) is 42.5 Å². The van der Waals surface area contributed by atoms with Gasteiger partial charge in [-0.05, 0) is 36.2 Å². The third-order valence-electron chi connectivity index (χ3n) is 2.89. The highest BCUT2D eigenvalue weighted by Crippen LogP contribution is 2.16. The Kier molecular flexibility index (Phi) is 4.73. The van der Waals surface area contributed by atoms with Gasteiger partial charge >= 0.3 is 0 Å². The molecule has 0 aromatic heterocycles. The highest BCUT2D eigenvalue weighted by Gasteiger charge is 2.05. The van der Waals surface area contributed by atoms with Gasteiger partial charge in [0.25, 0.3) is 0 Å². The minimum atomic E-state index is -0.792. The number of anilines is 1. The van der Waals surface area contributed by atoms with Gasteiger partial charge in [0.15, 0.2) is 0 Å². The van der Waals surface area contributed by atoms with Gasteiger partial charge in [-0.1, -0.05) is 43.0 Å². The van der Waals surface area contributed by atoms with Gasteiger partial charge < -0.3 is 5.73 Å². The molecule has 0 aliphatic carbocycles. The molecule has 0 bridgehead atoms. The van der Waals surface area contributed by atoms with Crippen LogP contribution in [0.3, 0.4) is 0 Å². The van der Waals surface area contributed by atoms with Gasteiger partial charge in [0.2, 0.25) is 0 Å². The Balaban J connectivity index is 2.21. The predicted octanol–water partition coefficient (Wildman–Crippen LogP) is 4.37. The predicted molar refractivity (Wildman–Crippen MR) is 82.5 cm³/mol. The zero-order valence-corrected chi connectivity index (χ0v) is 11.7. The minimum Gasteiger partial charge on any atom is -0.394 e. The highest BCUT2D eigenvalue weighted by molar-refractivity contribution is 5.53. The van der Waals surface area contributed by atoms with Crippen molar-refractivity contribution in [3.63, 3.8) is 0 Å². The minimum absolute atomic E-state index is 0.258. The lowest BCUT2D eigenvalue weighted by Gasteiger charge is -1.99. The summed E-state index contributed by atoms with van der Waals surface area (Å²) >= 11 is 0. The summed E-state index contributed by atoms with van der Waals surface area (Å²) in [5.74, 6) is 4.01. The second kappa shape index (κ2) is 6.71. The summed E-state index contributed by atoms with van der Waals surface area (Å²) in [7, 11) is 0. The Hall–Kier alpha value is -2.60. The number of benzene rings is 2. The number of nitrogen functional groups attached to an aromatic ring is 1. The van der Waals surface area contributed by atoms with Gasteiger partial charge in [0, 0.05) is 11.1 Å². The van der Waals surface area contributed by atoms with E-state index in [-0.39, 0.29) is 5.56 Å². The number of rotatable bonds is 2. The molecule has 0 amide bonds. The van der Waals surface area contributed by atoms with Crippen molar-refractivity contribution in [2.75, 3.05) is 5.73 Å². The second-order valence-corrected chi connectivity index (χ2v) is 4.54. The molecule has 2 N–H and O–H groups in total. The maximum Gasteiger partial charge on any atom is 0.150 e. The van der Waals surface area contributed by atoms with Gasteiger partial charge in [-0.2, -0.15) is 0 Å². The van der Waals surface area contributed by atoms with Crippen molar-refractivity contribution in [1.82, 2.24) is 0 Å². The fourth-order valence-corrected chi connectivity index (χ4v) is 1.73. The molecule has 2 aromatic carbocycles. The van der Waals surface area contributed by atoms with Crippen molar-refractivity contribution >= 4 is 11.8 Å².